The van der Waals surface area contributed by atoms with E-state index in [2.05, 4.69) is 5.32 Å². The van der Waals surface area contributed by atoms with Gasteiger partial charge in [0.1, 0.15) is 0 Å². The number of halogens is 2. The zero-order chi connectivity index (χ0) is 19.6. The first kappa shape index (κ1) is 19.0. The molecule has 0 spiro atoms. The normalized spacial score (nSPS) is 16.7. The molecule has 2 amide bonds. The van der Waals surface area contributed by atoms with Gasteiger partial charge in [-0.05, 0) is 36.1 Å². The summed E-state index contributed by atoms with van der Waals surface area (Å²) in [5.41, 5.74) is 3.22. The third-order valence-electron chi connectivity index (χ3n) is 4.92. The summed E-state index contributed by atoms with van der Waals surface area (Å²) in [4.78, 5) is 26.8. The topological polar surface area (TPSA) is 49.4 Å². The molecular formula is C21H22F2N2O2. The summed E-state index contributed by atoms with van der Waals surface area (Å²) in [6, 6.07) is 9.17. The Balaban J connectivity index is 1.79. The van der Waals surface area contributed by atoms with Crippen molar-refractivity contribution in [1.29, 1.82) is 0 Å². The second-order valence-electron chi connectivity index (χ2n) is 6.66. The van der Waals surface area contributed by atoms with Gasteiger partial charge in [-0.3, -0.25) is 9.59 Å². The SMILES string of the molecule is CCc1cccc(CC)c1N1CC(C(=O)Nc2ccc(F)c(F)c2)CC1=O. The largest absolute Gasteiger partial charge is 0.326 e. The van der Waals surface area contributed by atoms with Crippen molar-refractivity contribution in [2.75, 3.05) is 16.8 Å². The molecule has 0 aromatic heterocycles. The molecule has 2 aromatic carbocycles. The highest BCUT2D eigenvalue weighted by atomic mass is 19.2. The number of hydrogen-bond acceptors (Lipinski definition) is 2. The molecule has 142 valence electrons. The molecule has 0 radical (unpaired) electrons. The number of para-hydroxylation sites is 1. The van der Waals surface area contributed by atoms with Crippen LogP contribution in [-0.4, -0.2) is 18.4 Å². The van der Waals surface area contributed by atoms with Crippen LogP contribution in [0, 0.1) is 17.6 Å². The smallest absolute Gasteiger partial charge is 0.229 e. The van der Waals surface area contributed by atoms with Crippen LogP contribution < -0.4 is 10.2 Å². The van der Waals surface area contributed by atoms with E-state index in [1.165, 1.54) is 6.07 Å². The number of aryl methyl sites for hydroxylation is 2. The van der Waals surface area contributed by atoms with E-state index in [9.17, 15) is 18.4 Å². The predicted molar refractivity (Wildman–Crippen MR) is 101 cm³/mol. The van der Waals surface area contributed by atoms with Crippen molar-refractivity contribution in [2.45, 2.75) is 33.1 Å². The van der Waals surface area contributed by atoms with Crippen LogP contribution >= 0.6 is 0 Å². The van der Waals surface area contributed by atoms with Crippen molar-refractivity contribution < 1.29 is 18.4 Å². The molecule has 1 aliphatic rings. The van der Waals surface area contributed by atoms with Crippen molar-refractivity contribution in [3.05, 3.63) is 59.2 Å². The lowest BCUT2D eigenvalue weighted by molar-refractivity contribution is -0.122. The van der Waals surface area contributed by atoms with Gasteiger partial charge in [0.2, 0.25) is 11.8 Å². The highest BCUT2D eigenvalue weighted by Crippen LogP contribution is 2.32. The van der Waals surface area contributed by atoms with Gasteiger partial charge < -0.3 is 10.2 Å². The maximum atomic E-state index is 13.3. The molecule has 0 bridgehead atoms. The Kier molecular flexibility index (Phi) is 5.54. The van der Waals surface area contributed by atoms with Crippen LogP contribution in [0.4, 0.5) is 20.2 Å². The molecule has 0 aliphatic carbocycles. The van der Waals surface area contributed by atoms with Crippen molar-refractivity contribution in [3.8, 4) is 0 Å². The summed E-state index contributed by atoms with van der Waals surface area (Å²) in [5.74, 6) is -3.01. The molecule has 6 heteroatoms. The Bertz CT molecular complexity index is 860. The quantitative estimate of drug-likeness (QED) is 0.860. The van der Waals surface area contributed by atoms with Crippen LogP contribution in [0.15, 0.2) is 36.4 Å². The second-order valence-corrected chi connectivity index (χ2v) is 6.66. The van der Waals surface area contributed by atoms with Gasteiger partial charge in [0.05, 0.1) is 5.92 Å². The third-order valence-corrected chi connectivity index (χ3v) is 4.92. The molecule has 1 unspecified atom stereocenters. The number of benzene rings is 2. The van der Waals surface area contributed by atoms with Crippen LogP contribution in [0.1, 0.15) is 31.4 Å². The van der Waals surface area contributed by atoms with Gasteiger partial charge in [-0.15, -0.1) is 0 Å². The molecule has 0 saturated carbocycles. The minimum Gasteiger partial charge on any atom is -0.326 e. The molecule has 1 N–H and O–H groups in total. The van der Waals surface area contributed by atoms with E-state index in [1.807, 2.05) is 32.0 Å². The van der Waals surface area contributed by atoms with Gasteiger partial charge in [-0.25, -0.2) is 8.78 Å². The maximum absolute atomic E-state index is 13.3. The number of carbonyl (C=O) groups excluding carboxylic acids is 2. The van der Waals surface area contributed by atoms with E-state index in [-0.39, 0.29) is 30.5 Å². The third kappa shape index (κ3) is 3.84. The Morgan fingerprint density at radius 1 is 1.11 bits per heavy atom. The lowest BCUT2D eigenvalue weighted by Gasteiger charge is -2.23. The van der Waals surface area contributed by atoms with E-state index in [1.54, 1.807) is 4.90 Å². The standard InChI is InChI=1S/C21H22F2N2O2/c1-3-13-6-5-7-14(4-2)20(13)25-12-15(10-19(25)26)21(27)24-16-8-9-17(22)18(23)11-16/h5-9,11,15H,3-4,10,12H2,1-2H3,(H,24,27). The minimum atomic E-state index is -1.03. The summed E-state index contributed by atoms with van der Waals surface area (Å²) in [6.07, 6.45) is 1.67. The van der Waals surface area contributed by atoms with E-state index < -0.39 is 17.6 Å². The molecule has 27 heavy (non-hydrogen) atoms. The van der Waals surface area contributed by atoms with Crippen LogP contribution in [0.2, 0.25) is 0 Å². The first-order chi connectivity index (χ1) is 12.9. The zero-order valence-electron chi connectivity index (χ0n) is 15.4. The van der Waals surface area contributed by atoms with Crippen LogP contribution in [0.5, 0.6) is 0 Å². The summed E-state index contributed by atoms with van der Waals surface area (Å²) in [7, 11) is 0. The summed E-state index contributed by atoms with van der Waals surface area (Å²) in [5, 5.41) is 2.58. The maximum Gasteiger partial charge on any atom is 0.229 e. The van der Waals surface area contributed by atoms with Crippen LogP contribution in [0.25, 0.3) is 0 Å². The molecule has 4 nitrogen and oxygen atoms in total. The van der Waals surface area contributed by atoms with Crippen molar-refractivity contribution >= 4 is 23.2 Å². The second kappa shape index (κ2) is 7.86. The van der Waals surface area contributed by atoms with E-state index >= 15 is 0 Å². The fraction of sp³-hybridized carbons (Fsp3) is 0.333. The average Bonchev–Trinajstić information content (AvgIpc) is 3.05. The predicted octanol–water partition coefficient (Wildman–Crippen LogP) is 4.08. The van der Waals surface area contributed by atoms with Gasteiger partial charge in [0.15, 0.2) is 11.6 Å². The van der Waals surface area contributed by atoms with E-state index in [4.69, 9.17) is 0 Å². The van der Waals surface area contributed by atoms with Crippen molar-refractivity contribution in [2.24, 2.45) is 5.92 Å². The molecule has 1 fully saturated rings. The number of hydrogen-bond donors (Lipinski definition) is 1. The molecule has 3 rings (SSSR count). The van der Waals surface area contributed by atoms with Crippen LogP contribution in [0.3, 0.4) is 0 Å². The molecule has 1 atom stereocenters. The zero-order valence-corrected chi connectivity index (χ0v) is 15.4. The highest BCUT2D eigenvalue weighted by Gasteiger charge is 2.36. The average molecular weight is 372 g/mol. The number of amides is 2. The molecule has 2 aromatic rings. The fourth-order valence-corrected chi connectivity index (χ4v) is 3.48. The Morgan fingerprint density at radius 3 is 2.37 bits per heavy atom. The monoisotopic (exact) mass is 372 g/mol. The molecular weight excluding hydrogens is 350 g/mol. The highest BCUT2D eigenvalue weighted by molar-refractivity contribution is 6.04. The Labute approximate surface area is 157 Å². The Hall–Kier alpha value is -2.76. The summed E-state index contributed by atoms with van der Waals surface area (Å²) < 4.78 is 26.4. The van der Waals surface area contributed by atoms with Gasteiger partial charge >= 0.3 is 0 Å². The van der Waals surface area contributed by atoms with E-state index in [0.717, 1.165) is 41.8 Å². The van der Waals surface area contributed by atoms with Gasteiger partial charge in [0.25, 0.3) is 0 Å². The number of rotatable bonds is 5. The van der Waals surface area contributed by atoms with Gasteiger partial charge in [0, 0.05) is 30.4 Å². The molecule has 1 heterocycles. The Morgan fingerprint density at radius 2 is 1.78 bits per heavy atom. The molecule has 1 saturated heterocycles. The number of carbonyl (C=O) groups is 2. The molecule has 1 aliphatic heterocycles. The van der Waals surface area contributed by atoms with Gasteiger partial charge in [-0.2, -0.15) is 0 Å². The van der Waals surface area contributed by atoms with Crippen molar-refractivity contribution in [3.63, 3.8) is 0 Å². The first-order valence-electron chi connectivity index (χ1n) is 9.11. The number of anilines is 2. The lowest BCUT2D eigenvalue weighted by Crippen LogP contribution is -2.29. The first-order valence-corrected chi connectivity index (χ1v) is 9.11. The number of nitrogens with zero attached hydrogens (tertiary/aromatic N) is 1. The fourth-order valence-electron chi connectivity index (χ4n) is 3.48. The minimum absolute atomic E-state index is 0.0940. The van der Waals surface area contributed by atoms with E-state index in [0.29, 0.717) is 0 Å². The van der Waals surface area contributed by atoms with Gasteiger partial charge in [-0.1, -0.05) is 32.0 Å². The number of nitrogens with one attached hydrogen (secondary N) is 1. The summed E-state index contributed by atoms with van der Waals surface area (Å²) >= 11 is 0. The summed E-state index contributed by atoms with van der Waals surface area (Å²) in [6.45, 7) is 4.34. The van der Waals surface area contributed by atoms with Crippen molar-refractivity contribution in [1.82, 2.24) is 0 Å². The lowest BCUT2D eigenvalue weighted by atomic mass is 10.0. The van der Waals surface area contributed by atoms with Crippen LogP contribution in [-0.2, 0) is 22.4 Å².